The van der Waals surface area contributed by atoms with Crippen LogP contribution in [0.4, 0.5) is 0 Å². The molecule has 0 bridgehead atoms. The summed E-state index contributed by atoms with van der Waals surface area (Å²) in [5, 5.41) is 6.62. The molecule has 2 saturated carbocycles. The number of aliphatic imine (C=N–C) groups is 1. The van der Waals surface area contributed by atoms with Gasteiger partial charge in [0.2, 0.25) is 0 Å². The number of halogens is 1. The van der Waals surface area contributed by atoms with Gasteiger partial charge in [-0.1, -0.05) is 6.42 Å². The van der Waals surface area contributed by atoms with Crippen LogP contribution in [-0.4, -0.2) is 39.3 Å². The van der Waals surface area contributed by atoms with Crippen molar-refractivity contribution >= 4 is 29.9 Å². The summed E-state index contributed by atoms with van der Waals surface area (Å²) in [6.07, 6.45) is 7.04. The Morgan fingerprint density at radius 3 is 2.53 bits per heavy atom. The lowest BCUT2D eigenvalue weighted by molar-refractivity contribution is 0.113. The van der Waals surface area contributed by atoms with E-state index in [4.69, 9.17) is 9.73 Å². The average molecular weight is 381 g/mol. The molecule has 0 aliphatic heterocycles. The Morgan fingerprint density at radius 2 is 2.05 bits per heavy atom. The van der Waals surface area contributed by atoms with E-state index in [1.807, 2.05) is 0 Å². The zero-order valence-corrected chi connectivity index (χ0v) is 14.5. The quantitative estimate of drug-likeness (QED) is 0.308. The van der Waals surface area contributed by atoms with E-state index in [2.05, 4.69) is 17.6 Å². The van der Waals surface area contributed by atoms with E-state index in [1.165, 1.54) is 32.1 Å². The van der Waals surface area contributed by atoms with Gasteiger partial charge < -0.3 is 15.4 Å². The van der Waals surface area contributed by atoms with Crippen molar-refractivity contribution < 1.29 is 4.74 Å². The number of rotatable bonds is 7. The van der Waals surface area contributed by atoms with Crippen molar-refractivity contribution in [2.24, 2.45) is 16.3 Å². The van der Waals surface area contributed by atoms with Crippen LogP contribution in [0.1, 0.15) is 39.0 Å². The second-order valence-electron chi connectivity index (χ2n) is 5.60. The molecule has 4 nitrogen and oxygen atoms in total. The summed E-state index contributed by atoms with van der Waals surface area (Å²) in [7, 11) is 1.72. The zero-order valence-electron chi connectivity index (χ0n) is 12.2. The summed E-state index contributed by atoms with van der Waals surface area (Å²) in [5.41, 5.74) is 0.559. The van der Waals surface area contributed by atoms with Crippen LogP contribution in [0.25, 0.3) is 0 Å². The number of methoxy groups -OCH3 is 1. The summed E-state index contributed by atoms with van der Waals surface area (Å²) in [4.78, 5) is 4.78. The molecule has 2 rings (SSSR count). The van der Waals surface area contributed by atoms with Crippen LogP contribution in [0.2, 0.25) is 0 Å². The van der Waals surface area contributed by atoms with Crippen molar-refractivity contribution in [2.45, 2.75) is 39.0 Å². The first-order chi connectivity index (χ1) is 8.80. The van der Waals surface area contributed by atoms with Crippen molar-refractivity contribution in [3.05, 3.63) is 0 Å². The van der Waals surface area contributed by atoms with Crippen LogP contribution in [0.3, 0.4) is 0 Å². The van der Waals surface area contributed by atoms with E-state index in [-0.39, 0.29) is 24.0 Å². The fraction of sp³-hybridized carbons (Fsp3) is 0.929. The van der Waals surface area contributed by atoms with Gasteiger partial charge >= 0.3 is 0 Å². The molecule has 0 aromatic heterocycles. The summed E-state index contributed by atoms with van der Waals surface area (Å²) in [6, 6.07) is 0. The molecule has 5 heteroatoms. The largest absolute Gasteiger partial charge is 0.383 e. The minimum atomic E-state index is 0. The third-order valence-corrected chi connectivity index (χ3v) is 4.29. The summed E-state index contributed by atoms with van der Waals surface area (Å²) in [5.74, 6) is 1.92. The van der Waals surface area contributed by atoms with Crippen molar-refractivity contribution in [3.63, 3.8) is 0 Å². The molecule has 19 heavy (non-hydrogen) atoms. The molecule has 0 spiro atoms. The maximum atomic E-state index is 5.05. The molecule has 2 aliphatic rings. The first-order valence-electron chi connectivity index (χ1n) is 7.32. The third-order valence-electron chi connectivity index (χ3n) is 4.29. The lowest BCUT2D eigenvalue weighted by Gasteiger charge is -2.41. The monoisotopic (exact) mass is 381 g/mol. The normalized spacial score (nSPS) is 21.3. The molecule has 0 amide bonds. The molecule has 2 aliphatic carbocycles. The van der Waals surface area contributed by atoms with Crippen LogP contribution in [0, 0.1) is 11.3 Å². The fourth-order valence-electron chi connectivity index (χ4n) is 2.87. The van der Waals surface area contributed by atoms with Crippen molar-refractivity contribution in [3.8, 4) is 0 Å². The van der Waals surface area contributed by atoms with Crippen molar-refractivity contribution in [1.82, 2.24) is 10.6 Å². The van der Waals surface area contributed by atoms with Gasteiger partial charge in [-0.05, 0) is 43.9 Å². The van der Waals surface area contributed by atoms with E-state index in [9.17, 15) is 0 Å². The van der Waals surface area contributed by atoms with Gasteiger partial charge in [0, 0.05) is 26.7 Å². The standard InChI is InChI=1S/C14H27N3O.HI/c1-3-15-13(16-9-10-18-2)17-11-14(7-4-8-14)12-5-6-12;/h12H,3-11H2,1-2H3,(H2,15,16,17);1H. The lowest BCUT2D eigenvalue weighted by Crippen LogP contribution is -2.41. The minimum Gasteiger partial charge on any atom is -0.383 e. The summed E-state index contributed by atoms with van der Waals surface area (Å²) < 4.78 is 5.05. The Bertz CT molecular complexity index is 288. The summed E-state index contributed by atoms with van der Waals surface area (Å²) >= 11 is 0. The number of nitrogens with one attached hydrogen (secondary N) is 2. The predicted octanol–water partition coefficient (Wildman–Crippen LogP) is 2.39. The third kappa shape index (κ3) is 4.77. The lowest BCUT2D eigenvalue weighted by atomic mass is 9.65. The molecule has 0 aromatic carbocycles. The predicted molar refractivity (Wildman–Crippen MR) is 90.3 cm³/mol. The molecule has 0 unspecified atom stereocenters. The van der Waals surface area contributed by atoms with Gasteiger partial charge in [-0.2, -0.15) is 0 Å². The summed E-state index contributed by atoms with van der Waals surface area (Å²) in [6.45, 7) is 5.56. The second kappa shape index (κ2) is 8.29. The molecule has 112 valence electrons. The molecule has 0 heterocycles. The highest BCUT2D eigenvalue weighted by Crippen LogP contribution is 2.57. The molecule has 0 atom stereocenters. The number of ether oxygens (including phenoxy) is 1. The molecule has 2 fully saturated rings. The SMILES string of the molecule is CCNC(=NCC1(C2CC2)CCC1)NCCOC.I. The number of guanidine groups is 1. The Morgan fingerprint density at radius 1 is 1.32 bits per heavy atom. The highest BCUT2D eigenvalue weighted by atomic mass is 127. The van der Waals surface area contributed by atoms with E-state index in [0.29, 0.717) is 5.41 Å². The Balaban J connectivity index is 0.00000180. The zero-order chi connectivity index (χ0) is 12.8. The van der Waals surface area contributed by atoms with E-state index < -0.39 is 0 Å². The Hall–Kier alpha value is -0.0400. The van der Waals surface area contributed by atoms with Crippen LogP contribution in [0.15, 0.2) is 4.99 Å². The maximum Gasteiger partial charge on any atom is 0.191 e. The maximum absolute atomic E-state index is 5.05. The fourth-order valence-corrected chi connectivity index (χ4v) is 2.87. The highest BCUT2D eigenvalue weighted by molar-refractivity contribution is 14.0. The van der Waals surface area contributed by atoms with Crippen molar-refractivity contribution in [2.75, 3.05) is 33.4 Å². The van der Waals surface area contributed by atoms with Crippen LogP contribution < -0.4 is 10.6 Å². The minimum absolute atomic E-state index is 0. The second-order valence-corrected chi connectivity index (χ2v) is 5.60. The molecule has 0 aromatic rings. The number of hydrogen-bond donors (Lipinski definition) is 2. The van der Waals surface area contributed by atoms with Gasteiger partial charge in [-0.15, -0.1) is 24.0 Å². The van der Waals surface area contributed by atoms with E-state index in [0.717, 1.165) is 38.1 Å². The van der Waals surface area contributed by atoms with Gasteiger partial charge in [-0.25, -0.2) is 0 Å². The van der Waals surface area contributed by atoms with Gasteiger partial charge in [-0.3, -0.25) is 4.99 Å². The Kier molecular flexibility index (Phi) is 7.42. The van der Waals surface area contributed by atoms with Crippen LogP contribution in [-0.2, 0) is 4.74 Å². The highest BCUT2D eigenvalue weighted by Gasteiger charge is 2.48. The number of hydrogen-bond acceptors (Lipinski definition) is 2. The van der Waals surface area contributed by atoms with Crippen LogP contribution >= 0.6 is 24.0 Å². The van der Waals surface area contributed by atoms with E-state index in [1.54, 1.807) is 7.11 Å². The molecule has 0 saturated heterocycles. The first-order valence-corrected chi connectivity index (χ1v) is 7.32. The van der Waals surface area contributed by atoms with Gasteiger partial charge in [0.1, 0.15) is 0 Å². The average Bonchev–Trinajstić information content (AvgIpc) is 3.12. The molecular weight excluding hydrogens is 353 g/mol. The Labute approximate surface area is 134 Å². The van der Waals surface area contributed by atoms with Gasteiger partial charge in [0.25, 0.3) is 0 Å². The molecular formula is C14H28IN3O. The van der Waals surface area contributed by atoms with Gasteiger partial charge in [0.15, 0.2) is 5.96 Å². The molecule has 2 N–H and O–H groups in total. The molecule has 0 radical (unpaired) electrons. The van der Waals surface area contributed by atoms with Gasteiger partial charge in [0.05, 0.1) is 6.61 Å². The smallest absolute Gasteiger partial charge is 0.191 e. The first kappa shape index (κ1) is 17.0. The topological polar surface area (TPSA) is 45.7 Å². The van der Waals surface area contributed by atoms with Crippen molar-refractivity contribution in [1.29, 1.82) is 0 Å². The number of nitrogens with zero attached hydrogens (tertiary/aromatic N) is 1. The van der Waals surface area contributed by atoms with Crippen LogP contribution in [0.5, 0.6) is 0 Å². The van der Waals surface area contributed by atoms with E-state index >= 15 is 0 Å².